The van der Waals surface area contributed by atoms with Gasteiger partial charge >= 0.3 is 0 Å². The standard InChI is InChI=1S/C11H19N3O/c1-8(2)4-5-9(12)10-6-11(15-3)14-7-13-10/h6-9H,4-5,12H2,1-3H3. The van der Waals surface area contributed by atoms with E-state index in [4.69, 9.17) is 10.5 Å². The van der Waals surface area contributed by atoms with Gasteiger partial charge in [-0.1, -0.05) is 13.8 Å². The van der Waals surface area contributed by atoms with Gasteiger partial charge in [0.2, 0.25) is 5.88 Å². The van der Waals surface area contributed by atoms with Crippen LogP contribution in [-0.2, 0) is 0 Å². The summed E-state index contributed by atoms with van der Waals surface area (Å²) in [6.07, 6.45) is 3.54. The van der Waals surface area contributed by atoms with Gasteiger partial charge in [0.25, 0.3) is 0 Å². The molecule has 1 aromatic heterocycles. The molecule has 0 aliphatic heterocycles. The van der Waals surface area contributed by atoms with Crippen molar-refractivity contribution in [3.63, 3.8) is 0 Å². The zero-order chi connectivity index (χ0) is 11.3. The summed E-state index contributed by atoms with van der Waals surface area (Å²) in [7, 11) is 1.59. The molecule has 1 atom stereocenters. The zero-order valence-electron chi connectivity index (χ0n) is 9.60. The lowest BCUT2D eigenvalue weighted by atomic mass is 10.0. The van der Waals surface area contributed by atoms with Crippen molar-refractivity contribution in [1.82, 2.24) is 9.97 Å². The van der Waals surface area contributed by atoms with Crippen molar-refractivity contribution < 1.29 is 4.74 Å². The van der Waals surface area contributed by atoms with Gasteiger partial charge in [0.15, 0.2) is 0 Å². The van der Waals surface area contributed by atoms with E-state index < -0.39 is 0 Å². The second-order valence-corrected chi connectivity index (χ2v) is 4.06. The van der Waals surface area contributed by atoms with Gasteiger partial charge in [-0.05, 0) is 18.8 Å². The van der Waals surface area contributed by atoms with Crippen molar-refractivity contribution >= 4 is 0 Å². The lowest BCUT2D eigenvalue weighted by Crippen LogP contribution is -2.13. The molecule has 84 valence electrons. The molecule has 0 saturated heterocycles. The average Bonchev–Trinajstić information content (AvgIpc) is 2.26. The topological polar surface area (TPSA) is 61.0 Å². The second kappa shape index (κ2) is 5.66. The van der Waals surface area contributed by atoms with Crippen molar-refractivity contribution in [2.24, 2.45) is 11.7 Å². The van der Waals surface area contributed by atoms with Gasteiger partial charge < -0.3 is 10.5 Å². The second-order valence-electron chi connectivity index (χ2n) is 4.06. The first-order valence-electron chi connectivity index (χ1n) is 5.25. The molecule has 0 spiro atoms. The van der Waals surface area contributed by atoms with Crippen molar-refractivity contribution in [1.29, 1.82) is 0 Å². The van der Waals surface area contributed by atoms with Gasteiger partial charge in [-0.25, -0.2) is 9.97 Å². The first kappa shape index (κ1) is 11.9. The summed E-state index contributed by atoms with van der Waals surface area (Å²) < 4.78 is 5.02. The van der Waals surface area contributed by atoms with Gasteiger partial charge in [-0.15, -0.1) is 0 Å². The molecule has 0 bridgehead atoms. The van der Waals surface area contributed by atoms with Crippen LogP contribution in [0, 0.1) is 5.92 Å². The molecule has 1 unspecified atom stereocenters. The van der Waals surface area contributed by atoms with E-state index in [1.807, 2.05) is 0 Å². The Kier molecular flexibility index (Phi) is 4.49. The van der Waals surface area contributed by atoms with Gasteiger partial charge in [-0.2, -0.15) is 0 Å². The minimum Gasteiger partial charge on any atom is -0.481 e. The Labute approximate surface area is 90.9 Å². The number of hydrogen-bond acceptors (Lipinski definition) is 4. The Morgan fingerprint density at radius 3 is 2.67 bits per heavy atom. The van der Waals surface area contributed by atoms with Crippen LogP contribution in [0.25, 0.3) is 0 Å². The molecule has 4 nitrogen and oxygen atoms in total. The van der Waals surface area contributed by atoms with Crippen molar-refractivity contribution in [2.45, 2.75) is 32.7 Å². The molecule has 1 heterocycles. The summed E-state index contributed by atoms with van der Waals surface area (Å²) in [5.74, 6) is 1.24. The maximum Gasteiger partial charge on any atom is 0.216 e. The number of rotatable bonds is 5. The van der Waals surface area contributed by atoms with Crippen LogP contribution in [0.1, 0.15) is 38.4 Å². The van der Waals surface area contributed by atoms with Gasteiger partial charge in [0.1, 0.15) is 6.33 Å². The summed E-state index contributed by atoms with van der Waals surface area (Å²) in [5.41, 5.74) is 6.87. The molecule has 0 amide bonds. The smallest absolute Gasteiger partial charge is 0.216 e. The van der Waals surface area contributed by atoms with Crippen LogP contribution < -0.4 is 10.5 Å². The quantitative estimate of drug-likeness (QED) is 0.804. The highest BCUT2D eigenvalue weighted by molar-refractivity contribution is 5.15. The van der Waals surface area contributed by atoms with Crippen LogP contribution in [0.2, 0.25) is 0 Å². The van der Waals surface area contributed by atoms with E-state index in [9.17, 15) is 0 Å². The van der Waals surface area contributed by atoms with Gasteiger partial charge in [0.05, 0.1) is 12.8 Å². The Morgan fingerprint density at radius 1 is 1.33 bits per heavy atom. The number of ether oxygens (including phenoxy) is 1. The lowest BCUT2D eigenvalue weighted by Gasteiger charge is -2.12. The third kappa shape index (κ3) is 3.83. The molecule has 0 aliphatic carbocycles. The monoisotopic (exact) mass is 209 g/mol. The van der Waals surface area contributed by atoms with Crippen molar-refractivity contribution in [2.75, 3.05) is 7.11 Å². The van der Waals surface area contributed by atoms with Crippen LogP contribution in [0.4, 0.5) is 0 Å². The van der Waals surface area contributed by atoms with Crippen LogP contribution in [0.15, 0.2) is 12.4 Å². The number of methoxy groups -OCH3 is 1. The Bertz CT molecular complexity index is 302. The molecular weight excluding hydrogens is 190 g/mol. The predicted octanol–water partition coefficient (Wildman–Crippen LogP) is 1.92. The van der Waals surface area contributed by atoms with E-state index in [1.54, 1.807) is 13.2 Å². The first-order valence-corrected chi connectivity index (χ1v) is 5.25. The number of hydrogen-bond donors (Lipinski definition) is 1. The van der Waals surface area contributed by atoms with Crippen LogP contribution in [0.3, 0.4) is 0 Å². The number of nitrogens with two attached hydrogens (primary N) is 1. The molecule has 15 heavy (non-hydrogen) atoms. The fourth-order valence-electron chi connectivity index (χ4n) is 1.33. The van der Waals surface area contributed by atoms with E-state index in [-0.39, 0.29) is 6.04 Å². The van der Waals surface area contributed by atoms with E-state index in [1.165, 1.54) is 6.33 Å². The summed E-state index contributed by atoms with van der Waals surface area (Å²) >= 11 is 0. The molecule has 1 aromatic rings. The Hall–Kier alpha value is -1.16. The molecule has 0 saturated carbocycles. The summed E-state index contributed by atoms with van der Waals surface area (Å²) in [6.45, 7) is 4.38. The molecule has 0 aliphatic rings. The molecule has 0 radical (unpaired) electrons. The number of aromatic nitrogens is 2. The third-order valence-corrected chi connectivity index (χ3v) is 2.31. The fourth-order valence-corrected chi connectivity index (χ4v) is 1.33. The van der Waals surface area contributed by atoms with E-state index in [2.05, 4.69) is 23.8 Å². The van der Waals surface area contributed by atoms with Crippen LogP contribution in [0.5, 0.6) is 5.88 Å². The minimum absolute atomic E-state index is 0.0238. The fraction of sp³-hybridized carbons (Fsp3) is 0.636. The molecule has 1 rings (SSSR count). The predicted molar refractivity (Wildman–Crippen MR) is 59.6 cm³/mol. The molecule has 0 aromatic carbocycles. The maximum atomic E-state index is 6.02. The highest BCUT2D eigenvalue weighted by Gasteiger charge is 2.09. The van der Waals surface area contributed by atoms with Crippen LogP contribution >= 0.6 is 0 Å². The average molecular weight is 209 g/mol. The third-order valence-electron chi connectivity index (χ3n) is 2.31. The SMILES string of the molecule is COc1cc(C(N)CCC(C)C)ncn1. The summed E-state index contributed by atoms with van der Waals surface area (Å²) in [5, 5.41) is 0. The van der Waals surface area contributed by atoms with Crippen LogP contribution in [-0.4, -0.2) is 17.1 Å². The van der Waals surface area contributed by atoms with E-state index in [0.717, 1.165) is 18.5 Å². The van der Waals surface area contributed by atoms with Crippen molar-refractivity contribution in [3.05, 3.63) is 18.1 Å². The molecular formula is C11H19N3O. The Morgan fingerprint density at radius 2 is 2.07 bits per heavy atom. The summed E-state index contributed by atoms with van der Waals surface area (Å²) in [4.78, 5) is 8.10. The molecule has 4 heteroatoms. The zero-order valence-corrected chi connectivity index (χ0v) is 9.60. The number of nitrogens with zero attached hydrogens (tertiary/aromatic N) is 2. The van der Waals surface area contributed by atoms with Gasteiger partial charge in [-0.3, -0.25) is 0 Å². The Balaban J connectivity index is 2.60. The maximum absolute atomic E-state index is 6.02. The summed E-state index contributed by atoms with van der Waals surface area (Å²) in [6, 6.07) is 1.77. The van der Waals surface area contributed by atoms with E-state index >= 15 is 0 Å². The minimum atomic E-state index is -0.0238. The normalized spacial score (nSPS) is 12.9. The van der Waals surface area contributed by atoms with E-state index in [0.29, 0.717) is 11.8 Å². The van der Waals surface area contributed by atoms with Gasteiger partial charge in [0, 0.05) is 12.1 Å². The van der Waals surface area contributed by atoms with Crippen molar-refractivity contribution in [3.8, 4) is 5.88 Å². The first-order chi connectivity index (χ1) is 7.13. The lowest BCUT2D eigenvalue weighted by molar-refractivity contribution is 0.394. The highest BCUT2D eigenvalue weighted by Crippen LogP contribution is 2.18. The molecule has 2 N–H and O–H groups in total. The largest absolute Gasteiger partial charge is 0.481 e. The molecule has 0 fully saturated rings. The highest BCUT2D eigenvalue weighted by atomic mass is 16.5.